The van der Waals surface area contributed by atoms with Crippen molar-refractivity contribution in [3.05, 3.63) is 51.8 Å². The molecule has 1 unspecified atom stereocenters. The number of ether oxygens (including phenoxy) is 1. The molecular weight excluding hydrogens is 474 g/mol. The van der Waals surface area contributed by atoms with Gasteiger partial charge in [0.25, 0.3) is 5.91 Å². The molecule has 2 heterocycles. The highest BCUT2D eigenvalue weighted by Crippen LogP contribution is 2.31. The van der Waals surface area contributed by atoms with E-state index in [2.05, 4.69) is 15.0 Å². The number of aromatic hydroxyl groups is 1. The summed E-state index contributed by atoms with van der Waals surface area (Å²) in [6.45, 7) is 0.0429. The lowest BCUT2D eigenvalue weighted by Crippen LogP contribution is -2.52. The van der Waals surface area contributed by atoms with E-state index in [-0.39, 0.29) is 34.5 Å². The van der Waals surface area contributed by atoms with Crippen molar-refractivity contribution in [1.82, 2.24) is 15.2 Å². The topological polar surface area (TPSA) is 91.8 Å². The number of nitrogens with zero attached hydrogens (tertiary/aromatic N) is 2. The van der Waals surface area contributed by atoms with Crippen LogP contribution in [-0.2, 0) is 11.3 Å². The van der Waals surface area contributed by atoms with E-state index < -0.39 is 35.7 Å². The molecule has 32 heavy (non-hydrogen) atoms. The summed E-state index contributed by atoms with van der Waals surface area (Å²) in [6.07, 6.45) is -3.18. The van der Waals surface area contributed by atoms with Crippen LogP contribution in [0.1, 0.15) is 35.3 Å². The zero-order valence-corrected chi connectivity index (χ0v) is 18.0. The maximum absolute atomic E-state index is 13.0. The lowest BCUT2D eigenvalue weighted by Gasteiger charge is -2.34. The third-order valence-corrected chi connectivity index (χ3v) is 5.39. The number of aromatic nitrogens is 1. The van der Waals surface area contributed by atoms with Gasteiger partial charge in [-0.15, -0.1) is 13.2 Å². The highest BCUT2D eigenvalue weighted by Gasteiger charge is 2.34. The minimum absolute atomic E-state index is 0.130. The molecule has 1 aromatic carbocycles. The fraction of sp³-hybridized carbons (Fsp3) is 0.350. The van der Waals surface area contributed by atoms with Gasteiger partial charge in [-0.05, 0) is 31.4 Å². The Morgan fingerprint density at radius 2 is 1.97 bits per heavy atom. The van der Waals surface area contributed by atoms with Crippen LogP contribution in [0.25, 0.3) is 0 Å². The Labute approximate surface area is 191 Å². The maximum Gasteiger partial charge on any atom is 0.573 e. The van der Waals surface area contributed by atoms with Crippen LogP contribution in [0.5, 0.6) is 11.5 Å². The molecule has 1 fully saturated rings. The number of para-hydroxylation sites is 1. The molecular formula is C20H18Cl2F3N3O4. The third-order valence-electron chi connectivity index (χ3n) is 4.84. The van der Waals surface area contributed by atoms with Crippen molar-refractivity contribution in [2.75, 3.05) is 6.54 Å². The van der Waals surface area contributed by atoms with Crippen LogP contribution >= 0.6 is 23.2 Å². The molecule has 0 bridgehead atoms. The average molecular weight is 492 g/mol. The van der Waals surface area contributed by atoms with E-state index in [1.165, 1.54) is 23.1 Å². The Balaban J connectivity index is 1.74. The van der Waals surface area contributed by atoms with Crippen LogP contribution in [0.2, 0.25) is 10.2 Å². The van der Waals surface area contributed by atoms with Crippen molar-refractivity contribution >= 4 is 35.0 Å². The summed E-state index contributed by atoms with van der Waals surface area (Å²) in [5.41, 5.74) is -0.00736. The molecule has 1 aromatic heterocycles. The largest absolute Gasteiger partial charge is 0.573 e. The van der Waals surface area contributed by atoms with Gasteiger partial charge >= 0.3 is 6.36 Å². The molecule has 0 spiro atoms. The van der Waals surface area contributed by atoms with Crippen LogP contribution in [0.4, 0.5) is 13.2 Å². The monoisotopic (exact) mass is 491 g/mol. The number of nitrogens with one attached hydrogen (secondary N) is 1. The first kappa shape index (κ1) is 23.9. The van der Waals surface area contributed by atoms with Gasteiger partial charge in [0.2, 0.25) is 5.91 Å². The van der Waals surface area contributed by atoms with Gasteiger partial charge < -0.3 is 20.1 Å². The Kier molecular flexibility index (Phi) is 7.35. The number of hydrogen-bond acceptors (Lipinski definition) is 5. The second-order valence-corrected chi connectivity index (χ2v) is 7.78. The van der Waals surface area contributed by atoms with Gasteiger partial charge in [0, 0.05) is 18.7 Å². The van der Waals surface area contributed by atoms with Crippen molar-refractivity contribution in [2.45, 2.75) is 38.2 Å². The first-order chi connectivity index (χ1) is 15.1. The van der Waals surface area contributed by atoms with Crippen molar-refractivity contribution < 1.29 is 32.6 Å². The number of pyridine rings is 1. The third kappa shape index (κ3) is 5.74. The molecule has 1 saturated heterocycles. The number of alkyl halides is 3. The Bertz CT molecular complexity index is 997. The summed E-state index contributed by atoms with van der Waals surface area (Å²) in [4.78, 5) is 30.9. The minimum Gasteiger partial charge on any atom is -0.504 e. The van der Waals surface area contributed by atoms with Gasteiger partial charge in [0.05, 0.1) is 5.02 Å². The summed E-state index contributed by atoms with van der Waals surface area (Å²) in [7, 11) is 0. The van der Waals surface area contributed by atoms with E-state index in [1.54, 1.807) is 0 Å². The minimum atomic E-state index is -4.87. The molecule has 1 aliphatic heterocycles. The van der Waals surface area contributed by atoms with Gasteiger partial charge in [0.1, 0.15) is 17.5 Å². The summed E-state index contributed by atoms with van der Waals surface area (Å²) >= 11 is 11.7. The predicted molar refractivity (Wildman–Crippen MR) is 110 cm³/mol. The number of amides is 2. The number of carbonyl (C=O) groups excluding carboxylic acids is 2. The normalized spacial score (nSPS) is 16.5. The molecule has 3 rings (SSSR count). The second-order valence-electron chi connectivity index (χ2n) is 7.01. The maximum atomic E-state index is 13.0. The molecule has 172 valence electrons. The Morgan fingerprint density at radius 1 is 1.25 bits per heavy atom. The summed E-state index contributed by atoms with van der Waals surface area (Å²) in [5.74, 6) is -2.02. The number of piperidine rings is 1. The molecule has 0 saturated carbocycles. The molecule has 2 aromatic rings. The van der Waals surface area contributed by atoms with Crippen LogP contribution < -0.4 is 10.1 Å². The quantitative estimate of drug-likeness (QED) is 0.608. The van der Waals surface area contributed by atoms with E-state index in [1.807, 2.05) is 0 Å². The molecule has 12 heteroatoms. The van der Waals surface area contributed by atoms with Gasteiger partial charge in [-0.25, -0.2) is 4.98 Å². The first-order valence-electron chi connectivity index (χ1n) is 9.54. The molecule has 2 N–H and O–H groups in total. The van der Waals surface area contributed by atoms with Gasteiger partial charge in [-0.1, -0.05) is 41.4 Å². The fourth-order valence-electron chi connectivity index (χ4n) is 3.36. The van der Waals surface area contributed by atoms with E-state index >= 15 is 0 Å². The summed E-state index contributed by atoms with van der Waals surface area (Å²) in [5, 5.41) is 11.7. The van der Waals surface area contributed by atoms with Crippen molar-refractivity contribution in [3.8, 4) is 11.5 Å². The average Bonchev–Trinajstić information content (AvgIpc) is 2.74. The lowest BCUT2D eigenvalue weighted by molar-refractivity contribution is -0.274. The van der Waals surface area contributed by atoms with Gasteiger partial charge in [-0.3, -0.25) is 9.59 Å². The molecule has 0 radical (unpaired) electrons. The SMILES string of the molecule is O=C(NCc1ccccc1OC(F)(F)F)C1CCCCN1C(=O)c1cc(Cl)c(O)c(Cl)n1. The number of hydrogen-bond donors (Lipinski definition) is 2. The molecule has 1 aliphatic rings. The van der Waals surface area contributed by atoms with Gasteiger partial charge in [0.15, 0.2) is 10.9 Å². The lowest BCUT2D eigenvalue weighted by atomic mass is 10.0. The van der Waals surface area contributed by atoms with E-state index in [4.69, 9.17) is 23.2 Å². The van der Waals surface area contributed by atoms with Gasteiger partial charge in [-0.2, -0.15) is 0 Å². The fourth-order valence-corrected chi connectivity index (χ4v) is 3.79. The van der Waals surface area contributed by atoms with Crippen molar-refractivity contribution in [2.24, 2.45) is 0 Å². The number of carbonyl (C=O) groups is 2. The van der Waals surface area contributed by atoms with Crippen LogP contribution in [-0.4, -0.2) is 45.8 Å². The van der Waals surface area contributed by atoms with Crippen LogP contribution in [0, 0.1) is 0 Å². The van der Waals surface area contributed by atoms with Crippen molar-refractivity contribution in [3.63, 3.8) is 0 Å². The van der Waals surface area contributed by atoms with E-state index in [0.29, 0.717) is 19.3 Å². The Morgan fingerprint density at radius 3 is 2.66 bits per heavy atom. The zero-order valence-electron chi connectivity index (χ0n) is 16.5. The first-order valence-corrected chi connectivity index (χ1v) is 10.3. The smallest absolute Gasteiger partial charge is 0.504 e. The molecule has 7 nitrogen and oxygen atoms in total. The number of likely N-dealkylation sites (tertiary alicyclic amines) is 1. The summed E-state index contributed by atoms with van der Waals surface area (Å²) < 4.78 is 41.8. The second kappa shape index (κ2) is 9.83. The molecule has 1 atom stereocenters. The van der Waals surface area contributed by atoms with Crippen molar-refractivity contribution in [1.29, 1.82) is 0 Å². The van der Waals surface area contributed by atoms with E-state index in [0.717, 1.165) is 12.1 Å². The Hall–Kier alpha value is -2.72. The number of halogens is 5. The molecule has 2 amide bonds. The standard InChI is InChI=1S/C20H18Cl2F3N3O4/c21-12-9-13(27-17(22)16(12)29)19(31)28-8-4-3-6-14(28)18(30)26-10-11-5-1-2-7-15(11)32-20(23,24)25/h1-2,5,7,9,14,29H,3-4,6,8,10H2,(H,26,30). The predicted octanol–water partition coefficient (Wildman–Crippen LogP) is 4.30. The number of benzene rings is 1. The molecule has 0 aliphatic carbocycles. The highest BCUT2D eigenvalue weighted by atomic mass is 35.5. The summed E-state index contributed by atoms with van der Waals surface area (Å²) in [6, 6.07) is 5.74. The zero-order chi connectivity index (χ0) is 23.5. The van der Waals surface area contributed by atoms with Crippen LogP contribution in [0.15, 0.2) is 30.3 Å². The highest BCUT2D eigenvalue weighted by molar-refractivity contribution is 6.36. The van der Waals surface area contributed by atoms with E-state index in [9.17, 15) is 27.9 Å². The van der Waals surface area contributed by atoms with Crippen LogP contribution in [0.3, 0.4) is 0 Å². The number of rotatable bonds is 5.